The Morgan fingerprint density at radius 2 is 1.77 bits per heavy atom. The molecule has 0 aliphatic heterocycles. The van der Waals surface area contributed by atoms with Crippen molar-refractivity contribution in [3.8, 4) is 0 Å². The molecule has 0 aliphatic rings. The van der Waals surface area contributed by atoms with Gasteiger partial charge in [-0.25, -0.2) is 17.5 Å². The SMILES string of the molecule is Cc1ccc(CCC(=O)NCCOC(=O)c2cc(S(=O)(=O)N(C)C)ccc2Cl)cc1. The molecule has 0 bridgehead atoms. The van der Waals surface area contributed by atoms with Crippen LogP contribution < -0.4 is 5.32 Å². The lowest BCUT2D eigenvalue weighted by Gasteiger charge is -2.13. The van der Waals surface area contributed by atoms with Crippen LogP contribution in [-0.4, -0.2) is 51.8 Å². The lowest BCUT2D eigenvalue weighted by atomic mass is 10.1. The molecule has 0 spiro atoms. The Hall–Kier alpha value is -2.42. The number of sulfonamides is 1. The molecule has 30 heavy (non-hydrogen) atoms. The number of hydrogen-bond acceptors (Lipinski definition) is 5. The summed E-state index contributed by atoms with van der Waals surface area (Å²) in [4.78, 5) is 24.1. The third-order valence-corrected chi connectivity index (χ3v) is 6.50. The van der Waals surface area contributed by atoms with Crippen molar-refractivity contribution in [3.05, 3.63) is 64.2 Å². The number of carbonyl (C=O) groups excluding carboxylic acids is 2. The molecule has 7 nitrogen and oxygen atoms in total. The lowest BCUT2D eigenvalue weighted by molar-refractivity contribution is -0.121. The first-order chi connectivity index (χ1) is 14.1. The predicted octanol–water partition coefficient (Wildman–Crippen LogP) is 2.80. The highest BCUT2D eigenvalue weighted by atomic mass is 35.5. The molecule has 9 heteroatoms. The summed E-state index contributed by atoms with van der Waals surface area (Å²) in [5, 5.41) is 2.77. The summed E-state index contributed by atoms with van der Waals surface area (Å²) >= 11 is 6.01. The molecule has 0 heterocycles. The molecule has 0 atom stereocenters. The van der Waals surface area contributed by atoms with E-state index >= 15 is 0 Å². The van der Waals surface area contributed by atoms with E-state index in [0.29, 0.717) is 12.8 Å². The minimum absolute atomic E-state index is 0.0507. The number of nitrogens with zero attached hydrogens (tertiary/aromatic N) is 1. The van der Waals surface area contributed by atoms with Crippen LogP contribution in [0.15, 0.2) is 47.4 Å². The molecule has 0 aromatic heterocycles. The Balaban J connectivity index is 1.83. The van der Waals surface area contributed by atoms with Gasteiger partial charge in [0.2, 0.25) is 15.9 Å². The lowest BCUT2D eigenvalue weighted by Crippen LogP contribution is -2.28. The number of halogens is 1. The van der Waals surface area contributed by atoms with E-state index in [4.69, 9.17) is 16.3 Å². The minimum atomic E-state index is -3.71. The van der Waals surface area contributed by atoms with Crippen LogP contribution in [0.4, 0.5) is 0 Å². The van der Waals surface area contributed by atoms with E-state index in [0.717, 1.165) is 15.4 Å². The van der Waals surface area contributed by atoms with Crippen molar-refractivity contribution in [1.29, 1.82) is 0 Å². The van der Waals surface area contributed by atoms with E-state index in [-0.39, 0.29) is 34.5 Å². The topological polar surface area (TPSA) is 92.8 Å². The molecule has 2 rings (SSSR count). The van der Waals surface area contributed by atoms with Gasteiger partial charge in [0, 0.05) is 20.5 Å². The van der Waals surface area contributed by atoms with Gasteiger partial charge in [-0.3, -0.25) is 4.79 Å². The second kappa shape index (κ2) is 10.6. The van der Waals surface area contributed by atoms with Crippen LogP contribution in [0, 0.1) is 6.92 Å². The zero-order valence-corrected chi connectivity index (χ0v) is 18.7. The van der Waals surface area contributed by atoms with E-state index < -0.39 is 16.0 Å². The third-order valence-electron chi connectivity index (χ3n) is 4.36. The fraction of sp³-hybridized carbons (Fsp3) is 0.333. The molecule has 0 unspecified atom stereocenters. The van der Waals surface area contributed by atoms with E-state index in [9.17, 15) is 18.0 Å². The number of benzene rings is 2. The van der Waals surface area contributed by atoms with Crippen molar-refractivity contribution >= 4 is 33.5 Å². The number of rotatable bonds is 9. The summed E-state index contributed by atoms with van der Waals surface area (Å²) in [6.45, 7) is 2.09. The Bertz CT molecular complexity index is 1000. The summed E-state index contributed by atoms with van der Waals surface area (Å²) < 4.78 is 30.6. The number of carbonyl (C=O) groups is 2. The highest BCUT2D eigenvalue weighted by molar-refractivity contribution is 7.89. The molecule has 0 radical (unpaired) electrons. The first kappa shape index (κ1) is 23.9. The van der Waals surface area contributed by atoms with E-state index in [1.807, 2.05) is 31.2 Å². The Labute approximate surface area is 182 Å². The third kappa shape index (κ3) is 6.55. The van der Waals surface area contributed by atoms with Gasteiger partial charge in [0.05, 0.1) is 22.0 Å². The normalized spacial score (nSPS) is 11.4. The number of nitrogens with one attached hydrogen (secondary N) is 1. The van der Waals surface area contributed by atoms with Gasteiger partial charge in [0.15, 0.2) is 0 Å². The van der Waals surface area contributed by atoms with Crippen LogP contribution in [0.3, 0.4) is 0 Å². The Kier molecular flexibility index (Phi) is 8.40. The number of esters is 1. The average Bonchev–Trinajstić information content (AvgIpc) is 2.70. The van der Waals surface area contributed by atoms with E-state index in [1.54, 1.807) is 0 Å². The maximum atomic E-state index is 12.3. The summed E-state index contributed by atoms with van der Waals surface area (Å²) in [6.07, 6.45) is 0.946. The van der Waals surface area contributed by atoms with Crippen LogP contribution in [0.25, 0.3) is 0 Å². The Morgan fingerprint density at radius 1 is 1.10 bits per heavy atom. The van der Waals surface area contributed by atoms with Gasteiger partial charge in [-0.1, -0.05) is 41.4 Å². The number of ether oxygens (including phenoxy) is 1. The first-order valence-corrected chi connectivity index (χ1v) is 11.1. The van der Waals surface area contributed by atoms with E-state index in [2.05, 4.69) is 5.32 Å². The molecule has 2 aromatic rings. The second-order valence-corrected chi connectivity index (χ2v) is 9.46. The highest BCUT2D eigenvalue weighted by Gasteiger charge is 2.21. The molecule has 2 aromatic carbocycles. The zero-order valence-electron chi connectivity index (χ0n) is 17.1. The van der Waals surface area contributed by atoms with Gasteiger partial charge < -0.3 is 10.1 Å². The Morgan fingerprint density at radius 3 is 2.40 bits per heavy atom. The molecule has 0 fully saturated rings. The van der Waals surface area contributed by atoms with Gasteiger partial charge in [0.25, 0.3) is 0 Å². The van der Waals surface area contributed by atoms with Gasteiger partial charge in [0.1, 0.15) is 6.61 Å². The molecule has 0 aliphatic carbocycles. The minimum Gasteiger partial charge on any atom is -0.460 e. The molecule has 1 amide bonds. The van der Waals surface area contributed by atoms with Gasteiger partial charge >= 0.3 is 5.97 Å². The number of aryl methyl sites for hydroxylation is 2. The van der Waals surface area contributed by atoms with Crippen molar-refractivity contribution in [2.24, 2.45) is 0 Å². The largest absolute Gasteiger partial charge is 0.460 e. The average molecular weight is 453 g/mol. The molecule has 162 valence electrons. The summed E-state index contributed by atoms with van der Waals surface area (Å²) in [7, 11) is -0.923. The second-order valence-electron chi connectivity index (χ2n) is 6.90. The molecular formula is C21H25ClN2O5S. The number of amides is 1. The number of hydrogen-bond donors (Lipinski definition) is 1. The summed E-state index contributed by atoms with van der Waals surface area (Å²) in [6, 6.07) is 11.8. The highest BCUT2D eigenvalue weighted by Crippen LogP contribution is 2.22. The van der Waals surface area contributed by atoms with Crippen LogP contribution in [0.2, 0.25) is 5.02 Å². The zero-order chi connectivity index (χ0) is 22.3. The summed E-state index contributed by atoms with van der Waals surface area (Å²) in [5.74, 6) is -0.909. The van der Waals surface area contributed by atoms with Crippen molar-refractivity contribution < 1.29 is 22.7 Å². The monoisotopic (exact) mass is 452 g/mol. The van der Waals surface area contributed by atoms with Crippen molar-refractivity contribution in [3.63, 3.8) is 0 Å². The van der Waals surface area contributed by atoms with Gasteiger partial charge in [-0.2, -0.15) is 0 Å². The maximum absolute atomic E-state index is 12.3. The van der Waals surface area contributed by atoms with Crippen LogP contribution in [0.1, 0.15) is 27.9 Å². The molecule has 0 saturated heterocycles. The van der Waals surface area contributed by atoms with Crippen LogP contribution in [0.5, 0.6) is 0 Å². The van der Waals surface area contributed by atoms with Gasteiger partial charge in [-0.05, 0) is 37.1 Å². The molecular weight excluding hydrogens is 428 g/mol. The van der Waals surface area contributed by atoms with Gasteiger partial charge in [-0.15, -0.1) is 0 Å². The van der Waals surface area contributed by atoms with E-state index in [1.165, 1.54) is 32.3 Å². The fourth-order valence-corrected chi connectivity index (χ4v) is 3.67. The van der Waals surface area contributed by atoms with Crippen molar-refractivity contribution in [2.45, 2.75) is 24.7 Å². The first-order valence-electron chi connectivity index (χ1n) is 9.32. The van der Waals surface area contributed by atoms with Crippen LogP contribution >= 0.6 is 11.6 Å². The standard InChI is InChI=1S/C21H25ClN2O5S/c1-15-4-6-16(7-5-15)8-11-20(25)23-12-13-29-21(26)18-14-17(9-10-19(18)22)30(27,28)24(2)3/h4-7,9-10,14H,8,11-13H2,1-3H3,(H,23,25). The molecule has 1 N–H and O–H groups in total. The summed E-state index contributed by atoms with van der Waals surface area (Å²) in [5.41, 5.74) is 2.18. The predicted molar refractivity (Wildman–Crippen MR) is 115 cm³/mol. The molecule has 0 saturated carbocycles. The van der Waals surface area contributed by atoms with Crippen molar-refractivity contribution in [1.82, 2.24) is 9.62 Å². The smallest absolute Gasteiger partial charge is 0.339 e. The fourth-order valence-electron chi connectivity index (χ4n) is 2.55. The maximum Gasteiger partial charge on any atom is 0.339 e. The van der Waals surface area contributed by atoms with Crippen LogP contribution in [-0.2, 0) is 26.0 Å². The van der Waals surface area contributed by atoms with Crippen molar-refractivity contribution in [2.75, 3.05) is 27.2 Å². The quantitative estimate of drug-likeness (QED) is 0.466.